The van der Waals surface area contributed by atoms with Gasteiger partial charge in [-0.25, -0.2) is 4.98 Å². The van der Waals surface area contributed by atoms with E-state index in [1.807, 2.05) is 42.3 Å². The van der Waals surface area contributed by atoms with E-state index in [9.17, 15) is 9.59 Å². The van der Waals surface area contributed by atoms with Crippen molar-refractivity contribution in [3.05, 3.63) is 42.1 Å². The molecule has 1 aromatic heterocycles. The predicted molar refractivity (Wildman–Crippen MR) is 91.6 cm³/mol. The molecule has 2 aliphatic rings. The molecule has 3 heterocycles. The summed E-state index contributed by atoms with van der Waals surface area (Å²) in [4.78, 5) is 33.6. The first kappa shape index (κ1) is 15.1. The highest BCUT2D eigenvalue weighted by Crippen LogP contribution is 2.40. The lowest BCUT2D eigenvalue weighted by molar-refractivity contribution is -0.143. The number of likely N-dealkylation sites (tertiary alicyclic amines) is 2. The molecule has 0 radical (unpaired) electrons. The third kappa shape index (κ3) is 2.35. The molecule has 124 valence electrons. The average molecular weight is 323 g/mol. The molecule has 0 N–H and O–H groups in total. The maximum atomic E-state index is 12.8. The summed E-state index contributed by atoms with van der Waals surface area (Å²) in [6.45, 7) is 1.97. The van der Waals surface area contributed by atoms with Gasteiger partial charge in [0, 0.05) is 32.1 Å². The molecule has 0 saturated carbocycles. The molecule has 1 spiro atoms. The summed E-state index contributed by atoms with van der Waals surface area (Å²) in [7, 11) is 1.86. The van der Waals surface area contributed by atoms with E-state index < -0.39 is 0 Å². The van der Waals surface area contributed by atoms with Gasteiger partial charge in [-0.15, -0.1) is 0 Å². The molecule has 0 aliphatic carbocycles. The molecule has 2 aliphatic heterocycles. The van der Waals surface area contributed by atoms with Crippen molar-refractivity contribution in [1.29, 1.82) is 0 Å². The molecule has 0 bridgehead atoms. The van der Waals surface area contributed by atoms with Crippen molar-refractivity contribution in [1.82, 2.24) is 14.8 Å². The molecule has 2 aromatic rings. The van der Waals surface area contributed by atoms with Crippen LogP contribution in [0.2, 0.25) is 0 Å². The Balaban J connectivity index is 1.57. The summed E-state index contributed by atoms with van der Waals surface area (Å²) < 4.78 is 0. The molecule has 1 atom stereocenters. The predicted octanol–water partition coefficient (Wildman–Crippen LogP) is 2.32. The van der Waals surface area contributed by atoms with Crippen LogP contribution in [0.3, 0.4) is 0 Å². The number of hydrogen-bond donors (Lipinski definition) is 0. The minimum Gasteiger partial charge on any atom is -0.345 e. The number of piperidine rings is 1. The van der Waals surface area contributed by atoms with Gasteiger partial charge in [-0.2, -0.15) is 0 Å². The van der Waals surface area contributed by atoms with Crippen molar-refractivity contribution in [2.75, 3.05) is 26.7 Å². The third-order valence-electron chi connectivity index (χ3n) is 5.41. The van der Waals surface area contributed by atoms with E-state index in [4.69, 9.17) is 0 Å². The maximum absolute atomic E-state index is 12.8. The Hall–Kier alpha value is -2.43. The Bertz CT molecular complexity index is 819. The van der Waals surface area contributed by atoms with Gasteiger partial charge < -0.3 is 9.80 Å². The number of fused-ring (bicyclic) bond motifs is 1. The standard InChI is InChI=1S/C19H21N3O2/c1-21-11-4-9-19(18(21)24)10-12-22(13-19)17(23)16-8-7-14-5-2-3-6-15(14)20-16/h2-3,5-8H,4,9-13H2,1H3/t19-/m0/s1. The lowest BCUT2D eigenvalue weighted by Crippen LogP contribution is -2.48. The molecule has 2 saturated heterocycles. The average Bonchev–Trinajstić information content (AvgIpc) is 3.04. The van der Waals surface area contributed by atoms with Gasteiger partial charge in [-0.05, 0) is 31.4 Å². The molecule has 5 heteroatoms. The van der Waals surface area contributed by atoms with Gasteiger partial charge in [-0.3, -0.25) is 9.59 Å². The van der Waals surface area contributed by atoms with Gasteiger partial charge in [0.05, 0.1) is 10.9 Å². The highest BCUT2D eigenvalue weighted by atomic mass is 16.2. The zero-order valence-corrected chi connectivity index (χ0v) is 13.9. The fourth-order valence-corrected chi connectivity index (χ4v) is 4.04. The van der Waals surface area contributed by atoms with Crippen LogP contribution in [0.5, 0.6) is 0 Å². The van der Waals surface area contributed by atoms with Crippen molar-refractivity contribution in [2.45, 2.75) is 19.3 Å². The molecule has 2 amide bonds. The summed E-state index contributed by atoms with van der Waals surface area (Å²) in [5.41, 5.74) is 0.910. The van der Waals surface area contributed by atoms with Gasteiger partial charge in [0.1, 0.15) is 5.69 Å². The van der Waals surface area contributed by atoms with Crippen molar-refractivity contribution >= 4 is 22.7 Å². The number of carbonyl (C=O) groups excluding carboxylic acids is 2. The van der Waals surface area contributed by atoms with Crippen molar-refractivity contribution in [3.63, 3.8) is 0 Å². The van der Waals surface area contributed by atoms with Crippen LogP contribution in [0.4, 0.5) is 0 Å². The quantitative estimate of drug-likeness (QED) is 0.809. The lowest BCUT2D eigenvalue weighted by Gasteiger charge is -2.37. The number of hydrogen-bond acceptors (Lipinski definition) is 3. The molecule has 0 unspecified atom stereocenters. The summed E-state index contributed by atoms with van der Waals surface area (Å²) >= 11 is 0. The minimum absolute atomic E-state index is 0.0707. The topological polar surface area (TPSA) is 53.5 Å². The van der Waals surface area contributed by atoms with Crippen molar-refractivity contribution in [2.24, 2.45) is 5.41 Å². The van der Waals surface area contributed by atoms with Gasteiger partial charge in [0.2, 0.25) is 5.91 Å². The molecular formula is C19H21N3O2. The number of pyridine rings is 1. The monoisotopic (exact) mass is 323 g/mol. The van der Waals surface area contributed by atoms with Crippen LogP contribution in [-0.2, 0) is 4.79 Å². The molecular weight excluding hydrogens is 302 g/mol. The number of rotatable bonds is 1. The summed E-state index contributed by atoms with van der Waals surface area (Å²) in [6.07, 6.45) is 2.65. The number of nitrogens with zero attached hydrogens (tertiary/aromatic N) is 3. The molecule has 24 heavy (non-hydrogen) atoms. The maximum Gasteiger partial charge on any atom is 0.272 e. The molecule has 1 aromatic carbocycles. The zero-order chi connectivity index (χ0) is 16.7. The number of benzene rings is 1. The van der Waals surface area contributed by atoms with Crippen LogP contribution in [0.15, 0.2) is 36.4 Å². The molecule has 4 rings (SSSR count). The van der Waals surface area contributed by atoms with Crippen LogP contribution in [-0.4, -0.2) is 53.3 Å². The van der Waals surface area contributed by atoms with E-state index in [1.165, 1.54) is 0 Å². The largest absolute Gasteiger partial charge is 0.345 e. The zero-order valence-electron chi connectivity index (χ0n) is 13.9. The lowest BCUT2D eigenvalue weighted by atomic mass is 9.78. The highest BCUT2D eigenvalue weighted by molar-refractivity contribution is 5.96. The van der Waals surface area contributed by atoms with Gasteiger partial charge in [-0.1, -0.05) is 24.3 Å². The van der Waals surface area contributed by atoms with Crippen LogP contribution in [0, 0.1) is 5.41 Å². The van der Waals surface area contributed by atoms with Gasteiger partial charge in [0.15, 0.2) is 0 Å². The Morgan fingerprint density at radius 3 is 2.83 bits per heavy atom. The van der Waals surface area contributed by atoms with Crippen LogP contribution < -0.4 is 0 Å². The SMILES string of the molecule is CN1CCC[C@@]2(CCN(C(=O)c3ccc4ccccc4n3)C2)C1=O. The summed E-state index contributed by atoms with van der Waals surface area (Å²) in [5, 5.41) is 1.02. The first-order valence-electron chi connectivity index (χ1n) is 8.50. The summed E-state index contributed by atoms with van der Waals surface area (Å²) in [6, 6.07) is 11.5. The Morgan fingerprint density at radius 1 is 1.12 bits per heavy atom. The number of amides is 2. The van der Waals surface area contributed by atoms with E-state index >= 15 is 0 Å². The molecule has 2 fully saturated rings. The molecule has 5 nitrogen and oxygen atoms in total. The second kappa shape index (κ2) is 5.58. The second-order valence-corrected chi connectivity index (χ2v) is 6.98. The Labute approximate surface area is 141 Å². The Kier molecular flexibility index (Phi) is 3.52. The van der Waals surface area contributed by atoms with Crippen molar-refractivity contribution in [3.8, 4) is 0 Å². The fourth-order valence-electron chi connectivity index (χ4n) is 4.04. The van der Waals surface area contributed by atoms with Gasteiger partial charge in [0.25, 0.3) is 5.91 Å². The number of aromatic nitrogens is 1. The van der Waals surface area contributed by atoms with E-state index in [2.05, 4.69) is 4.98 Å². The van der Waals surface area contributed by atoms with Crippen LogP contribution in [0.1, 0.15) is 29.8 Å². The highest BCUT2D eigenvalue weighted by Gasteiger charge is 2.48. The Morgan fingerprint density at radius 2 is 1.96 bits per heavy atom. The summed E-state index contributed by atoms with van der Waals surface area (Å²) in [5.74, 6) is 0.120. The van der Waals surface area contributed by atoms with E-state index in [-0.39, 0.29) is 17.2 Å². The third-order valence-corrected chi connectivity index (χ3v) is 5.41. The first-order chi connectivity index (χ1) is 11.6. The number of carbonyl (C=O) groups is 2. The van der Waals surface area contributed by atoms with Crippen molar-refractivity contribution < 1.29 is 9.59 Å². The smallest absolute Gasteiger partial charge is 0.272 e. The van der Waals surface area contributed by atoms with Crippen LogP contribution >= 0.6 is 0 Å². The van der Waals surface area contributed by atoms with Crippen LogP contribution in [0.25, 0.3) is 10.9 Å². The first-order valence-corrected chi connectivity index (χ1v) is 8.50. The van der Waals surface area contributed by atoms with E-state index in [0.29, 0.717) is 18.8 Å². The second-order valence-electron chi connectivity index (χ2n) is 6.98. The minimum atomic E-state index is -0.375. The fraction of sp³-hybridized carbons (Fsp3) is 0.421. The number of para-hydroxylation sites is 1. The normalized spacial score (nSPS) is 24.1. The van der Waals surface area contributed by atoms with Gasteiger partial charge >= 0.3 is 0 Å². The van der Waals surface area contributed by atoms with E-state index in [0.717, 1.165) is 36.7 Å². The van der Waals surface area contributed by atoms with E-state index in [1.54, 1.807) is 11.0 Å².